The Bertz CT molecular complexity index is 1230. The van der Waals surface area contributed by atoms with E-state index >= 15 is 0 Å². The van der Waals surface area contributed by atoms with Crippen molar-refractivity contribution in [1.29, 1.82) is 0 Å². The van der Waals surface area contributed by atoms with Crippen molar-refractivity contribution in [1.82, 2.24) is 0 Å². The minimum atomic E-state index is -0.775. The molecule has 0 saturated heterocycles. The van der Waals surface area contributed by atoms with E-state index in [0.717, 1.165) is 77.0 Å². The molecule has 0 rings (SSSR count). The maximum absolute atomic E-state index is 12.8. The molecule has 0 saturated carbocycles. The Morgan fingerprint density at radius 3 is 0.803 bits per heavy atom. The number of carbonyl (C=O) groups is 3. The summed E-state index contributed by atoms with van der Waals surface area (Å²) < 4.78 is 16.9. The lowest BCUT2D eigenvalue weighted by Crippen LogP contribution is -2.30. The smallest absolute Gasteiger partial charge is 0.306 e. The Hall–Kier alpha value is -2.63. The van der Waals surface area contributed by atoms with Gasteiger partial charge >= 0.3 is 17.9 Å². The number of esters is 3. The van der Waals surface area contributed by atoms with Crippen molar-refractivity contribution in [2.75, 3.05) is 13.2 Å². The van der Waals surface area contributed by atoms with E-state index in [1.807, 2.05) is 0 Å². The van der Waals surface area contributed by atoms with E-state index in [0.29, 0.717) is 19.3 Å². The summed E-state index contributed by atoms with van der Waals surface area (Å²) in [4.78, 5) is 38.2. The first-order valence-electron chi connectivity index (χ1n) is 31.1. The standard InChI is InChI=1S/C65H118O6/c1-4-7-10-13-16-19-22-25-27-28-29-30-31-32-33-34-35-36-37-38-39-41-43-46-49-52-55-58-64(67)70-61-62(60-69-63(66)57-54-51-48-45-42-24-21-18-15-12-9-6-3)71-65(68)59-56-53-50-47-44-40-26-23-20-17-14-11-8-5-2/h22-23,25-26,28-29,31-32,62H,4-21,24,27,30,33-61H2,1-3H3/b25-22-,26-23-,29-28-,32-31-. The zero-order valence-electron chi connectivity index (χ0n) is 47.5. The quantitative estimate of drug-likeness (QED) is 0.0261. The largest absolute Gasteiger partial charge is 0.462 e. The van der Waals surface area contributed by atoms with Crippen LogP contribution in [-0.2, 0) is 28.6 Å². The van der Waals surface area contributed by atoms with Crippen LogP contribution >= 0.6 is 0 Å². The zero-order chi connectivity index (χ0) is 51.4. The van der Waals surface area contributed by atoms with Gasteiger partial charge in [0, 0.05) is 19.3 Å². The number of rotatable bonds is 57. The second-order valence-electron chi connectivity index (χ2n) is 21.0. The predicted molar refractivity (Wildman–Crippen MR) is 307 cm³/mol. The molecular weight excluding hydrogens is 877 g/mol. The molecule has 1 unspecified atom stereocenters. The monoisotopic (exact) mass is 995 g/mol. The van der Waals surface area contributed by atoms with Gasteiger partial charge in [-0.15, -0.1) is 0 Å². The molecule has 0 N–H and O–H groups in total. The summed E-state index contributed by atoms with van der Waals surface area (Å²) in [5.74, 6) is -0.867. The van der Waals surface area contributed by atoms with Crippen LogP contribution in [0.2, 0.25) is 0 Å². The molecule has 0 spiro atoms. The molecule has 71 heavy (non-hydrogen) atoms. The third-order valence-corrected chi connectivity index (χ3v) is 13.8. The summed E-state index contributed by atoms with van der Waals surface area (Å²) in [6.45, 7) is 6.64. The van der Waals surface area contributed by atoms with E-state index in [1.54, 1.807) is 0 Å². The Balaban J connectivity index is 4.21. The van der Waals surface area contributed by atoms with Crippen molar-refractivity contribution in [2.45, 2.75) is 335 Å². The van der Waals surface area contributed by atoms with Crippen LogP contribution in [0.1, 0.15) is 329 Å². The molecule has 0 aliphatic rings. The predicted octanol–water partition coefficient (Wildman–Crippen LogP) is 21.0. The number of carbonyl (C=O) groups excluding carboxylic acids is 3. The van der Waals surface area contributed by atoms with Gasteiger partial charge in [0.2, 0.25) is 0 Å². The second-order valence-corrected chi connectivity index (χ2v) is 21.0. The molecule has 0 fully saturated rings. The Kier molecular flexibility index (Phi) is 57.7. The highest BCUT2D eigenvalue weighted by Gasteiger charge is 2.19. The average molecular weight is 996 g/mol. The van der Waals surface area contributed by atoms with E-state index in [9.17, 15) is 14.4 Å². The van der Waals surface area contributed by atoms with Gasteiger partial charge in [0.05, 0.1) is 0 Å². The summed E-state index contributed by atoms with van der Waals surface area (Å²) >= 11 is 0. The van der Waals surface area contributed by atoms with Gasteiger partial charge in [-0.3, -0.25) is 14.4 Å². The van der Waals surface area contributed by atoms with Crippen LogP contribution in [0.15, 0.2) is 48.6 Å². The molecular formula is C65H118O6. The second kappa shape index (κ2) is 59.9. The van der Waals surface area contributed by atoms with Crippen LogP contribution in [0.5, 0.6) is 0 Å². The van der Waals surface area contributed by atoms with Gasteiger partial charge in [-0.25, -0.2) is 0 Å². The minimum Gasteiger partial charge on any atom is -0.462 e. The third kappa shape index (κ3) is 58.1. The third-order valence-electron chi connectivity index (χ3n) is 13.8. The minimum absolute atomic E-state index is 0.0732. The maximum Gasteiger partial charge on any atom is 0.306 e. The fourth-order valence-corrected chi connectivity index (χ4v) is 9.09. The first-order chi connectivity index (χ1) is 35.0. The molecule has 0 amide bonds. The number of ether oxygens (including phenoxy) is 3. The first-order valence-corrected chi connectivity index (χ1v) is 31.1. The van der Waals surface area contributed by atoms with Crippen LogP contribution in [-0.4, -0.2) is 37.2 Å². The molecule has 0 aromatic carbocycles. The van der Waals surface area contributed by atoms with Crippen molar-refractivity contribution in [3.8, 4) is 0 Å². The van der Waals surface area contributed by atoms with Crippen molar-refractivity contribution < 1.29 is 28.6 Å². The van der Waals surface area contributed by atoms with Crippen LogP contribution in [0.25, 0.3) is 0 Å². The summed E-state index contributed by atoms with van der Waals surface area (Å²) in [5, 5.41) is 0. The van der Waals surface area contributed by atoms with Crippen LogP contribution < -0.4 is 0 Å². The van der Waals surface area contributed by atoms with Crippen LogP contribution in [0.3, 0.4) is 0 Å². The van der Waals surface area contributed by atoms with Crippen LogP contribution in [0, 0.1) is 0 Å². The van der Waals surface area contributed by atoms with Crippen LogP contribution in [0.4, 0.5) is 0 Å². The Morgan fingerprint density at radius 1 is 0.282 bits per heavy atom. The molecule has 6 heteroatoms. The SMILES string of the molecule is CCCCCCC/C=C\C/C=C\C/C=C\CCCCCCCCCCCCCCC(=O)OCC(COC(=O)CCCCCCCCCCCCCC)OC(=O)CCCCCCC/C=C\CCCCCCC. The zero-order valence-corrected chi connectivity index (χ0v) is 47.5. The maximum atomic E-state index is 12.8. The van der Waals surface area contributed by atoms with Crippen molar-refractivity contribution in [3.63, 3.8) is 0 Å². The van der Waals surface area contributed by atoms with E-state index < -0.39 is 6.10 Å². The summed E-state index contributed by atoms with van der Waals surface area (Å²) in [6.07, 6.45) is 74.0. The summed E-state index contributed by atoms with van der Waals surface area (Å²) in [5.41, 5.74) is 0. The lowest BCUT2D eigenvalue weighted by atomic mass is 10.0. The van der Waals surface area contributed by atoms with Gasteiger partial charge in [0.25, 0.3) is 0 Å². The van der Waals surface area contributed by atoms with Crippen molar-refractivity contribution in [2.24, 2.45) is 0 Å². The van der Waals surface area contributed by atoms with Gasteiger partial charge in [-0.2, -0.15) is 0 Å². The molecule has 1 atom stereocenters. The molecule has 0 aliphatic carbocycles. The van der Waals surface area contributed by atoms with E-state index in [1.165, 1.54) is 212 Å². The molecule has 0 aromatic heterocycles. The number of hydrogen-bond donors (Lipinski definition) is 0. The van der Waals surface area contributed by atoms with Crippen molar-refractivity contribution >= 4 is 17.9 Å². The van der Waals surface area contributed by atoms with Gasteiger partial charge in [-0.05, 0) is 83.5 Å². The normalized spacial score (nSPS) is 12.3. The number of allylic oxidation sites excluding steroid dienone is 8. The summed E-state index contributed by atoms with van der Waals surface area (Å²) in [6, 6.07) is 0. The molecule has 414 valence electrons. The van der Waals surface area contributed by atoms with E-state index in [-0.39, 0.29) is 31.1 Å². The molecule has 0 heterocycles. The highest BCUT2D eigenvalue weighted by atomic mass is 16.6. The highest BCUT2D eigenvalue weighted by Crippen LogP contribution is 2.16. The lowest BCUT2D eigenvalue weighted by molar-refractivity contribution is -0.167. The number of unbranched alkanes of at least 4 members (excludes halogenated alkanes) is 38. The molecule has 6 nitrogen and oxygen atoms in total. The molecule has 0 radical (unpaired) electrons. The highest BCUT2D eigenvalue weighted by molar-refractivity contribution is 5.71. The van der Waals surface area contributed by atoms with Gasteiger partial charge < -0.3 is 14.2 Å². The first kappa shape index (κ1) is 68.4. The fraction of sp³-hybridized carbons (Fsp3) is 0.831. The number of hydrogen-bond acceptors (Lipinski definition) is 6. The average Bonchev–Trinajstić information content (AvgIpc) is 3.37. The van der Waals surface area contributed by atoms with Gasteiger partial charge in [-0.1, -0.05) is 275 Å². The topological polar surface area (TPSA) is 78.9 Å². The van der Waals surface area contributed by atoms with E-state index in [4.69, 9.17) is 14.2 Å². The fourth-order valence-electron chi connectivity index (χ4n) is 9.09. The van der Waals surface area contributed by atoms with E-state index in [2.05, 4.69) is 69.4 Å². The molecule has 0 bridgehead atoms. The van der Waals surface area contributed by atoms with Crippen molar-refractivity contribution in [3.05, 3.63) is 48.6 Å². The lowest BCUT2D eigenvalue weighted by Gasteiger charge is -2.18. The summed E-state index contributed by atoms with van der Waals surface area (Å²) in [7, 11) is 0. The molecule has 0 aliphatic heterocycles. The molecule has 0 aromatic rings. The Labute approximate surface area is 441 Å². The Morgan fingerprint density at radius 2 is 0.507 bits per heavy atom. The van der Waals surface area contributed by atoms with Gasteiger partial charge in [0.15, 0.2) is 6.10 Å². The van der Waals surface area contributed by atoms with Gasteiger partial charge in [0.1, 0.15) is 13.2 Å².